The summed E-state index contributed by atoms with van der Waals surface area (Å²) in [7, 11) is 4.96. The van der Waals surface area contributed by atoms with Gasteiger partial charge in [-0.05, 0) is 73.1 Å². The first-order chi connectivity index (χ1) is 17.0. The van der Waals surface area contributed by atoms with E-state index in [2.05, 4.69) is 45.3 Å². The van der Waals surface area contributed by atoms with Gasteiger partial charge in [-0.25, -0.2) is 0 Å². The van der Waals surface area contributed by atoms with Gasteiger partial charge >= 0.3 is 0 Å². The fourth-order valence-corrected chi connectivity index (χ4v) is 4.39. The molecule has 4 rings (SSSR count). The number of hydrogen-bond acceptors (Lipinski definition) is 5. The molecule has 35 heavy (non-hydrogen) atoms. The number of benzene rings is 2. The first-order valence-electron chi connectivity index (χ1n) is 11.3. The van der Waals surface area contributed by atoms with Gasteiger partial charge < -0.3 is 29.4 Å². The van der Waals surface area contributed by atoms with Gasteiger partial charge in [-0.3, -0.25) is 4.98 Å². The maximum Gasteiger partial charge on any atom is 0.173 e. The minimum atomic E-state index is 0.593. The molecule has 4 aromatic rings. The van der Waals surface area contributed by atoms with E-state index < -0.39 is 0 Å². The molecule has 0 atom stereocenters. The molecule has 0 amide bonds. The lowest BCUT2D eigenvalue weighted by atomic mass is 10.1. The molecule has 0 spiro atoms. The van der Waals surface area contributed by atoms with Crippen molar-refractivity contribution in [1.82, 2.24) is 14.9 Å². The van der Waals surface area contributed by atoms with Crippen molar-refractivity contribution in [2.24, 2.45) is 0 Å². The number of ether oxygens (including phenoxy) is 3. The summed E-state index contributed by atoms with van der Waals surface area (Å²) in [6.45, 7) is 3.43. The van der Waals surface area contributed by atoms with Gasteiger partial charge in [-0.1, -0.05) is 6.07 Å². The molecule has 0 fully saturated rings. The van der Waals surface area contributed by atoms with Crippen molar-refractivity contribution in [3.05, 3.63) is 77.7 Å². The molecular formula is C27H30N4O3S. The van der Waals surface area contributed by atoms with E-state index >= 15 is 0 Å². The Balaban J connectivity index is 1.60. The van der Waals surface area contributed by atoms with Gasteiger partial charge in [0.15, 0.2) is 5.11 Å². The average molecular weight is 491 g/mol. The zero-order chi connectivity index (χ0) is 24.8. The van der Waals surface area contributed by atoms with Crippen LogP contribution in [0.15, 0.2) is 60.9 Å². The fraction of sp³-hybridized carbons (Fsp3) is 0.259. The molecule has 2 N–H and O–H groups in total. The van der Waals surface area contributed by atoms with Gasteiger partial charge in [0.05, 0.1) is 27.0 Å². The molecule has 0 aliphatic carbocycles. The van der Waals surface area contributed by atoms with Crippen molar-refractivity contribution < 1.29 is 14.2 Å². The molecule has 0 bridgehead atoms. The summed E-state index contributed by atoms with van der Waals surface area (Å²) in [5, 5.41) is 5.12. The Labute approximate surface area is 211 Å². The number of anilines is 1. The minimum Gasteiger partial charge on any atom is -0.497 e. The Bertz CT molecular complexity index is 1310. The normalized spacial score (nSPS) is 10.7. The number of methoxy groups -OCH3 is 3. The standard InChI is InChI=1S/C27H30N4O3S/c1-18-22(23-14-20(32-2)7-9-24(23)29-18)11-13-31(17-19-6-5-12-28-16-19)27(35)30-25-15-21(33-3)8-10-26(25)34-4/h5-10,12,14-16,29H,11,13,17H2,1-4H3,(H,30,35). The topological polar surface area (TPSA) is 71.6 Å². The summed E-state index contributed by atoms with van der Waals surface area (Å²) in [6.07, 6.45) is 4.44. The summed E-state index contributed by atoms with van der Waals surface area (Å²) in [5.74, 6) is 2.25. The molecule has 0 saturated heterocycles. The zero-order valence-electron chi connectivity index (χ0n) is 20.4. The molecule has 2 aromatic carbocycles. The van der Waals surface area contributed by atoms with Crippen LogP contribution in [0.5, 0.6) is 17.2 Å². The molecule has 2 aromatic heterocycles. The second-order valence-electron chi connectivity index (χ2n) is 8.17. The first kappa shape index (κ1) is 24.3. The SMILES string of the molecule is COc1ccc(OC)c(NC(=S)N(CCc2c(C)[nH]c3ccc(OC)cc23)Cc2cccnc2)c1. The summed E-state index contributed by atoms with van der Waals surface area (Å²) in [6, 6.07) is 15.7. The number of aromatic amines is 1. The van der Waals surface area contributed by atoms with Gasteiger partial charge in [0.2, 0.25) is 0 Å². The lowest BCUT2D eigenvalue weighted by molar-refractivity contribution is 0.403. The van der Waals surface area contributed by atoms with Crippen molar-refractivity contribution in [3.63, 3.8) is 0 Å². The summed E-state index contributed by atoms with van der Waals surface area (Å²) >= 11 is 5.88. The zero-order valence-corrected chi connectivity index (χ0v) is 21.2. The Hall–Kier alpha value is -3.78. The number of pyridine rings is 1. The quantitative estimate of drug-likeness (QED) is 0.307. The largest absolute Gasteiger partial charge is 0.497 e. The highest BCUT2D eigenvalue weighted by Crippen LogP contribution is 2.30. The van der Waals surface area contributed by atoms with E-state index in [9.17, 15) is 0 Å². The highest BCUT2D eigenvalue weighted by molar-refractivity contribution is 7.80. The van der Waals surface area contributed by atoms with Crippen LogP contribution in [0.1, 0.15) is 16.8 Å². The third-order valence-corrected chi connectivity index (χ3v) is 6.35. The van der Waals surface area contributed by atoms with Gasteiger partial charge in [0, 0.05) is 48.1 Å². The Morgan fingerprint density at radius 3 is 2.51 bits per heavy atom. The Kier molecular flexibility index (Phi) is 7.72. The molecule has 0 unspecified atom stereocenters. The van der Waals surface area contributed by atoms with Crippen LogP contribution < -0.4 is 19.5 Å². The van der Waals surface area contributed by atoms with Gasteiger partial charge in [-0.2, -0.15) is 0 Å². The maximum atomic E-state index is 5.88. The van der Waals surface area contributed by atoms with E-state index in [1.54, 1.807) is 27.5 Å². The van der Waals surface area contributed by atoms with Crippen molar-refractivity contribution in [2.45, 2.75) is 19.9 Å². The Morgan fingerprint density at radius 1 is 1.03 bits per heavy atom. The maximum absolute atomic E-state index is 5.88. The number of rotatable bonds is 9. The number of aromatic nitrogens is 2. The van der Waals surface area contributed by atoms with Crippen LogP contribution in [0.25, 0.3) is 10.9 Å². The molecular weight excluding hydrogens is 460 g/mol. The van der Waals surface area contributed by atoms with Crippen molar-refractivity contribution in [2.75, 3.05) is 33.2 Å². The second-order valence-corrected chi connectivity index (χ2v) is 8.56. The fourth-order valence-electron chi connectivity index (χ4n) is 4.13. The highest BCUT2D eigenvalue weighted by atomic mass is 32.1. The third kappa shape index (κ3) is 5.66. The molecule has 8 heteroatoms. The number of hydrogen-bond donors (Lipinski definition) is 2. The highest BCUT2D eigenvalue weighted by Gasteiger charge is 2.16. The van der Waals surface area contributed by atoms with Crippen LogP contribution >= 0.6 is 12.2 Å². The number of nitrogens with zero attached hydrogens (tertiary/aromatic N) is 2. The smallest absolute Gasteiger partial charge is 0.173 e. The van der Waals surface area contributed by atoms with E-state index in [0.29, 0.717) is 24.0 Å². The molecule has 7 nitrogen and oxygen atoms in total. The number of thiocarbonyl (C=S) groups is 1. The molecule has 0 aliphatic heterocycles. The number of fused-ring (bicyclic) bond motifs is 1. The van der Waals surface area contributed by atoms with Crippen LogP contribution in [0.3, 0.4) is 0 Å². The molecule has 0 saturated carbocycles. The van der Waals surface area contributed by atoms with E-state index in [4.69, 9.17) is 26.4 Å². The lowest BCUT2D eigenvalue weighted by Gasteiger charge is -2.27. The van der Waals surface area contributed by atoms with Crippen molar-refractivity contribution in [1.29, 1.82) is 0 Å². The number of aryl methyl sites for hydroxylation is 1. The molecule has 0 radical (unpaired) electrons. The molecule has 182 valence electrons. The third-order valence-electron chi connectivity index (χ3n) is 5.99. The van der Waals surface area contributed by atoms with E-state index in [1.165, 1.54) is 5.56 Å². The second kappa shape index (κ2) is 11.1. The van der Waals surface area contributed by atoms with Gasteiger partial charge in [-0.15, -0.1) is 0 Å². The molecule has 2 heterocycles. The minimum absolute atomic E-state index is 0.593. The lowest BCUT2D eigenvalue weighted by Crippen LogP contribution is -2.36. The summed E-state index contributed by atoms with van der Waals surface area (Å²) in [4.78, 5) is 9.90. The molecule has 0 aliphatic rings. The van der Waals surface area contributed by atoms with Crippen LogP contribution in [0.2, 0.25) is 0 Å². The van der Waals surface area contributed by atoms with E-state index in [1.807, 2.05) is 36.5 Å². The number of H-pyrrole nitrogens is 1. The average Bonchev–Trinajstić information content (AvgIpc) is 3.20. The van der Waals surface area contributed by atoms with Crippen LogP contribution in [0.4, 0.5) is 5.69 Å². The van der Waals surface area contributed by atoms with E-state index in [-0.39, 0.29) is 0 Å². The Morgan fingerprint density at radius 2 is 1.80 bits per heavy atom. The summed E-state index contributed by atoms with van der Waals surface area (Å²) in [5.41, 5.74) is 5.31. The van der Waals surface area contributed by atoms with Gasteiger partial charge in [0.25, 0.3) is 0 Å². The van der Waals surface area contributed by atoms with Crippen LogP contribution in [-0.4, -0.2) is 47.9 Å². The van der Waals surface area contributed by atoms with Crippen LogP contribution in [-0.2, 0) is 13.0 Å². The summed E-state index contributed by atoms with van der Waals surface area (Å²) < 4.78 is 16.4. The first-order valence-corrected chi connectivity index (χ1v) is 11.7. The van der Waals surface area contributed by atoms with Crippen molar-refractivity contribution >= 4 is 33.9 Å². The predicted octanol–water partition coefficient (Wildman–Crippen LogP) is 5.34. The van der Waals surface area contributed by atoms with E-state index in [0.717, 1.165) is 45.8 Å². The van der Waals surface area contributed by atoms with Crippen LogP contribution in [0, 0.1) is 6.92 Å². The van der Waals surface area contributed by atoms with Gasteiger partial charge in [0.1, 0.15) is 17.2 Å². The van der Waals surface area contributed by atoms with Crippen molar-refractivity contribution in [3.8, 4) is 17.2 Å². The monoisotopic (exact) mass is 490 g/mol. The predicted molar refractivity (Wildman–Crippen MR) is 144 cm³/mol. The number of nitrogens with one attached hydrogen (secondary N) is 2.